The van der Waals surface area contributed by atoms with E-state index in [0.717, 1.165) is 25.7 Å². The largest absolute Gasteiger partial charge is 0.394 e. The van der Waals surface area contributed by atoms with Gasteiger partial charge in [0.25, 0.3) is 0 Å². The topological polar surface area (TPSA) is 228 Å². The van der Waals surface area contributed by atoms with Crippen molar-refractivity contribution in [3.05, 3.63) is 12.2 Å². The molecule has 0 aromatic heterocycles. The molecule has 2 heterocycles. The molecule has 2 fully saturated rings. The second kappa shape index (κ2) is 22.4. The van der Waals surface area contributed by atoms with Crippen molar-refractivity contribution < 1.29 is 64.6 Å². The van der Waals surface area contributed by atoms with Gasteiger partial charge in [-0.05, 0) is 19.3 Å². The van der Waals surface area contributed by atoms with Crippen LogP contribution in [0.5, 0.6) is 0 Å². The zero-order chi connectivity index (χ0) is 34.1. The molecule has 14 nitrogen and oxygen atoms in total. The summed E-state index contributed by atoms with van der Waals surface area (Å²) in [5, 5.41) is 85.1. The van der Waals surface area contributed by atoms with Crippen LogP contribution in [0.4, 0.5) is 0 Å². The Morgan fingerprint density at radius 3 is 1.98 bits per heavy atom. The Morgan fingerprint density at radius 1 is 0.761 bits per heavy atom. The van der Waals surface area contributed by atoms with Crippen LogP contribution in [0.3, 0.4) is 0 Å². The van der Waals surface area contributed by atoms with Gasteiger partial charge in [-0.1, -0.05) is 77.4 Å². The van der Waals surface area contributed by atoms with Gasteiger partial charge in [0.1, 0.15) is 48.8 Å². The fourth-order valence-corrected chi connectivity index (χ4v) is 5.50. The molecule has 0 spiro atoms. The van der Waals surface area contributed by atoms with Crippen LogP contribution in [0.15, 0.2) is 12.2 Å². The molecule has 12 atom stereocenters. The minimum atomic E-state index is -1.78. The Bertz CT molecular complexity index is 847. The van der Waals surface area contributed by atoms with Gasteiger partial charge in [0.15, 0.2) is 12.6 Å². The number of carbonyl (C=O) groups is 1. The summed E-state index contributed by atoms with van der Waals surface area (Å²) in [5.41, 5.74) is 0. The predicted octanol–water partition coefficient (Wildman–Crippen LogP) is -0.250. The minimum absolute atomic E-state index is 0.256. The molecule has 2 saturated heterocycles. The van der Waals surface area contributed by atoms with E-state index in [-0.39, 0.29) is 18.9 Å². The third-order valence-corrected chi connectivity index (χ3v) is 8.47. The zero-order valence-electron chi connectivity index (χ0n) is 27.3. The quantitative estimate of drug-likeness (QED) is 0.0538. The average molecular weight is 666 g/mol. The van der Waals surface area contributed by atoms with Gasteiger partial charge in [0.05, 0.1) is 32.0 Å². The van der Waals surface area contributed by atoms with Crippen molar-refractivity contribution in [2.45, 2.75) is 164 Å². The molecule has 12 unspecified atom stereocenters. The van der Waals surface area contributed by atoms with Crippen molar-refractivity contribution in [2.24, 2.45) is 0 Å². The highest BCUT2D eigenvalue weighted by Gasteiger charge is 2.50. The highest BCUT2D eigenvalue weighted by atomic mass is 16.7. The highest BCUT2D eigenvalue weighted by Crippen LogP contribution is 2.29. The van der Waals surface area contributed by atoms with Crippen molar-refractivity contribution in [1.29, 1.82) is 0 Å². The van der Waals surface area contributed by atoms with Gasteiger partial charge in [-0.3, -0.25) is 4.79 Å². The van der Waals surface area contributed by atoms with Crippen molar-refractivity contribution in [3.63, 3.8) is 0 Å². The predicted molar refractivity (Wildman–Crippen MR) is 166 cm³/mol. The van der Waals surface area contributed by atoms with E-state index >= 15 is 0 Å². The number of nitrogens with one attached hydrogen (secondary N) is 1. The molecular formula is C32H59NO13. The standard InChI is InChI=1S/C32H59NO13/c1-3-5-7-8-9-10-11-12-13-14-15-21(36)20(33-24(37)16-6-4-2)19-43-31-29(42)27(40)30(23(18-35)45-31)46-32-28(41)26(39)25(38)22(17-34)44-32/h14-15,20-23,25-32,34-36,38-42H,3-13,16-19H2,1-2H3,(H,33,37)/b15-14+. The summed E-state index contributed by atoms with van der Waals surface area (Å²) in [6.07, 6.45) is -1.47. The summed E-state index contributed by atoms with van der Waals surface area (Å²) in [5.74, 6) is -0.280. The van der Waals surface area contributed by atoms with Crippen molar-refractivity contribution in [2.75, 3.05) is 19.8 Å². The normalized spacial score (nSPS) is 33.3. The second-order valence-electron chi connectivity index (χ2n) is 12.3. The molecule has 0 aromatic rings. The summed E-state index contributed by atoms with van der Waals surface area (Å²) < 4.78 is 22.3. The third kappa shape index (κ3) is 13.0. The molecule has 0 radical (unpaired) electrons. The first kappa shape index (κ1) is 40.9. The van der Waals surface area contributed by atoms with E-state index in [1.165, 1.54) is 38.5 Å². The third-order valence-electron chi connectivity index (χ3n) is 8.47. The Balaban J connectivity index is 1.97. The Hall–Kier alpha value is -1.27. The molecule has 0 aliphatic carbocycles. The molecule has 46 heavy (non-hydrogen) atoms. The van der Waals surface area contributed by atoms with Gasteiger partial charge >= 0.3 is 0 Å². The van der Waals surface area contributed by atoms with Gasteiger partial charge in [0.2, 0.25) is 5.91 Å². The van der Waals surface area contributed by atoms with E-state index in [9.17, 15) is 45.6 Å². The van der Waals surface area contributed by atoms with Gasteiger partial charge < -0.3 is 65.1 Å². The number of rotatable bonds is 22. The van der Waals surface area contributed by atoms with Crippen LogP contribution in [0.2, 0.25) is 0 Å². The lowest BCUT2D eigenvalue weighted by atomic mass is 9.97. The lowest BCUT2D eigenvalue weighted by Gasteiger charge is -2.46. The molecule has 270 valence electrons. The Labute approximate surface area is 272 Å². The van der Waals surface area contributed by atoms with Crippen LogP contribution in [-0.2, 0) is 23.7 Å². The first-order valence-electron chi connectivity index (χ1n) is 16.9. The molecule has 2 aliphatic rings. The van der Waals surface area contributed by atoms with Crippen LogP contribution in [-0.4, -0.2) is 140 Å². The fourth-order valence-electron chi connectivity index (χ4n) is 5.50. The second-order valence-corrected chi connectivity index (χ2v) is 12.3. The maximum absolute atomic E-state index is 12.5. The zero-order valence-corrected chi connectivity index (χ0v) is 27.3. The summed E-state index contributed by atoms with van der Waals surface area (Å²) in [4.78, 5) is 12.5. The number of carbonyl (C=O) groups excluding carboxylic acids is 1. The summed E-state index contributed by atoms with van der Waals surface area (Å²) in [7, 11) is 0. The number of unbranched alkanes of at least 4 members (excludes halogenated alkanes) is 9. The smallest absolute Gasteiger partial charge is 0.220 e. The fraction of sp³-hybridized carbons (Fsp3) is 0.906. The number of ether oxygens (including phenoxy) is 4. The van der Waals surface area contributed by atoms with Crippen molar-refractivity contribution >= 4 is 5.91 Å². The molecule has 2 aliphatic heterocycles. The van der Waals surface area contributed by atoms with Gasteiger partial charge in [-0.15, -0.1) is 0 Å². The lowest BCUT2D eigenvalue weighted by Crippen LogP contribution is -2.65. The molecule has 0 saturated carbocycles. The molecule has 2 rings (SSSR count). The van der Waals surface area contributed by atoms with Crippen LogP contribution in [0, 0.1) is 0 Å². The van der Waals surface area contributed by atoms with E-state index in [1.807, 2.05) is 13.0 Å². The van der Waals surface area contributed by atoms with Crippen LogP contribution < -0.4 is 5.32 Å². The first-order valence-corrected chi connectivity index (χ1v) is 16.9. The summed E-state index contributed by atoms with van der Waals surface area (Å²) in [6.45, 7) is 2.43. The molecule has 9 N–H and O–H groups in total. The SMILES string of the molecule is CCCCCCCCCC/C=C/C(O)C(COC1OC(CO)C(OC2OC(CO)C(O)C(O)C2O)C(O)C1O)NC(=O)CCCC. The maximum Gasteiger partial charge on any atom is 0.220 e. The first-order chi connectivity index (χ1) is 22.1. The lowest BCUT2D eigenvalue weighted by molar-refractivity contribution is -0.359. The van der Waals surface area contributed by atoms with E-state index in [4.69, 9.17) is 18.9 Å². The Kier molecular flexibility index (Phi) is 19.9. The average Bonchev–Trinajstić information content (AvgIpc) is 3.05. The van der Waals surface area contributed by atoms with E-state index in [0.29, 0.717) is 6.42 Å². The van der Waals surface area contributed by atoms with Gasteiger partial charge in [-0.2, -0.15) is 0 Å². The molecule has 1 amide bonds. The van der Waals surface area contributed by atoms with E-state index < -0.39 is 86.8 Å². The molecular weight excluding hydrogens is 606 g/mol. The van der Waals surface area contributed by atoms with Crippen molar-refractivity contribution in [1.82, 2.24) is 5.32 Å². The molecule has 0 bridgehead atoms. The Morgan fingerprint density at radius 2 is 1.35 bits per heavy atom. The highest BCUT2D eigenvalue weighted by molar-refractivity contribution is 5.76. The number of amides is 1. The number of aliphatic hydroxyl groups is 8. The van der Waals surface area contributed by atoms with Crippen LogP contribution in [0.25, 0.3) is 0 Å². The van der Waals surface area contributed by atoms with Crippen LogP contribution in [0.1, 0.15) is 90.9 Å². The number of hydrogen-bond acceptors (Lipinski definition) is 13. The minimum Gasteiger partial charge on any atom is -0.394 e. The molecule has 0 aromatic carbocycles. The van der Waals surface area contributed by atoms with Crippen molar-refractivity contribution in [3.8, 4) is 0 Å². The molecule has 14 heteroatoms. The van der Waals surface area contributed by atoms with Gasteiger partial charge in [0, 0.05) is 6.42 Å². The maximum atomic E-state index is 12.5. The summed E-state index contributed by atoms with van der Waals surface area (Å²) in [6, 6.07) is -0.900. The number of allylic oxidation sites excluding steroid dienone is 1. The van der Waals surface area contributed by atoms with E-state index in [1.54, 1.807) is 6.08 Å². The number of aliphatic hydroxyl groups excluding tert-OH is 8. The monoisotopic (exact) mass is 665 g/mol. The summed E-state index contributed by atoms with van der Waals surface area (Å²) >= 11 is 0. The van der Waals surface area contributed by atoms with Crippen LogP contribution >= 0.6 is 0 Å². The number of hydrogen-bond donors (Lipinski definition) is 9. The van der Waals surface area contributed by atoms with Gasteiger partial charge in [-0.25, -0.2) is 0 Å². The van der Waals surface area contributed by atoms with E-state index in [2.05, 4.69) is 12.2 Å².